The summed E-state index contributed by atoms with van der Waals surface area (Å²) in [5, 5.41) is 2.64. The van der Waals surface area contributed by atoms with Gasteiger partial charge in [-0.1, -0.05) is 57.8 Å². The molecule has 0 amide bonds. The third kappa shape index (κ3) is 7.09. The van der Waals surface area contributed by atoms with Crippen LogP contribution in [0.15, 0.2) is 0 Å². The second-order valence-corrected chi connectivity index (χ2v) is 6.95. The molecule has 1 saturated carbocycles. The van der Waals surface area contributed by atoms with Crippen LogP contribution in [0.25, 0.3) is 0 Å². The summed E-state index contributed by atoms with van der Waals surface area (Å²) in [6.45, 7) is 4.97. The number of hydrazine groups is 1. The summed E-state index contributed by atoms with van der Waals surface area (Å²) in [6, 6.07) is 0. The Labute approximate surface area is 131 Å². The predicted octanol–water partition coefficient (Wildman–Crippen LogP) is 3.99. The zero-order chi connectivity index (χ0) is 13.4. The molecule has 4 nitrogen and oxygen atoms in total. The Bertz CT molecular complexity index is 228. The molecule has 0 radical (unpaired) electrons. The van der Waals surface area contributed by atoms with Gasteiger partial charge in [0.2, 0.25) is 0 Å². The second kappa shape index (κ2) is 11.4. The van der Waals surface area contributed by atoms with E-state index < -0.39 is 0 Å². The summed E-state index contributed by atoms with van der Waals surface area (Å²) < 4.78 is 0. The minimum atomic E-state index is 0. The Hall–Kier alpha value is -0.160. The predicted molar refractivity (Wildman–Crippen MR) is 91.8 cm³/mol. The molecule has 2 aliphatic rings. The average Bonchev–Trinajstić information content (AvgIpc) is 2.61. The van der Waals surface area contributed by atoms with E-state index in [1.807, 2.05) is 0 Å². The lowest BCUT2D eigenvalue weighted by Crippen LogP contribution is -2.54. The van der Waals surface area contributed by atoms with Gasteiger partial charge in [0, 0.05) is 18.6 Å². The van der Waals surface area contributed by atoms with Gasteiger partial charge >= 0.3 is 0 Å². The smallest absolute Gasteiger partial charge is 0.0326 e. The maximum atomic E-state index is 3.77. The summed E-state index contributed by atoms with van der Waals surface area (Å²) >= 11 is 0. The molecule has 0 atom stereocenters. The zero-order valence-corrected chi connectivity index (χ0v) is 14.3. The highest BCUT2D eigenvalue weighted by atomic mass is 16.0. The molecule has 21 heavy (non-hydrogen) atoms. The van der Waals surface area contributed by atoms with Crippen LogP contribution in [-0.2, 0) is 0 Å². The molecule has 2 fully saturated rings. The summed E-state index contributed by atoms with van der Waals surface area (Å²) in [6.07, 6.45) is 18.5. The fourth-order valence-corrected chi connectivity index (χ4v) is 3.79. The quantitative estimate of drug-likeness (QED) is 0.768. The van der Waals surface area contributed by atoms with Gasteiger partial charge in [-0.3, -0.25) is 5.43 Å². The van der Waals surface area contributed by atoms with Gasteiger partial charge in [0.1, 0.15) is 0 Å². The molecule has 1 saturated heterocycles. The lowest BCUT2D eigenvalue weighted by molar-refractivity contribution is 0.0291. The van der Waals surface area contributed by atoms with Crippen molar-refractivity contribution in [2.45, 2.75) is 95.9 Å². The normalized spacial score (nSPS) is 25.6. The third-order valence-electron chi connectivity index (χ3n) is 5.19. The SMILES string of the molecule is CC1(N2CCCCCCCN2)CCCCCCCC1.N.O. The van der Waals surface area contributed by atoms with E-state index in [9.17, 15) is 0 Å². The van der Waals surface area contributed by atoms with E-state index in [4.69, 9.17) is 0 Å². The van der Waals surface area contributed by atoms with Crippen LogP contribution in [-0.4, -0.2) is 29.1 Å². The summed E-state index contributed by atoms with van der Waals surface area (Å²) in [5.74, 6) is 0. The number of nitrogens with zero attached hydrogens (tertiary/aromatic N) is 1. The van der Waals surface area contributed by atoms with Gasteiger partial charge in [0.05, 0.1) is 0 Å². The molecule has 0 aromatic rings. The first-order chi connectivity index (χ1) is 9.31. The van der Waals surface area contributed by atoms with Crippen LogP contribution < -0.4 is 11.6 Å². The van der Waals surface area contributed by atoms with E-state index in [-0.39, 0.29) is 11.6 Å². The fraction of sp³-hybridized carbons (Fsp3) is 1.00. The fourth-order valence-electron chi connectivity index (χ4n) is 3.79. The molecule has 2 rings (SSSR count). The van der Waals surface area contributed by atoms with Crippen molar-refractivity contribution in [2.24, 2.45) is 0 Å². The van der Waals surface area contributed by atoms with Gasteiger partial charge in [-0.15, -0.1) is 0 Å². The summed E-state index contributed by atoms with van der Waals surface area (Å²) in [5.41, 5.74) is 4.19. The number of rotatable bonds is 1. The molecule has 0 spiro atoms. The lowest BCUT2D eigenvalue weighted by atomic mass is 9.88. The number of hydrogen-bond donors (Lipinski definition) is 2. The summed E-state index contributed by atoms with van der Waals surface area (Å²) in [4.78, 5) is 0. The van der Waals surface area contributed by atoms with Gasteiger partial charge < -0.3 is 11.6 Å². The van der Waals surface area contributed by atoms with Crippen LogP contribution in [0.2, 0.25) is 0 Å². The Morgan fingerprint density at radius 3 is 1.81 bits per heavy atom. The van der Waals surface area contributed by atoms with Crippen molar-refractivity contribution >= 4 is 0 Å². The van der Waals surface area contributed by atoms with Crippen molar-refractivity contribution in [1.82, 2.24) is 16.6 Å². The van der Waals surface area contributed by atoms with Crippen LogP contribution in [0.5, 0.6) is 0 Å². The van der Waals surface area contributed by atoms with Crippen molar-refractivity contribution in [3.8, 4) is 0 Å². The highest BCUT2D eigenvalue weighted by Gasteiger charge is 2.31. The maximum Gasteiger partial charge on any atom is 0.0326 e. The largest absolute Gasteiger partial charge is 0.412 e. The minimum Gasteiger partial charge on any atom is -0.412 e. The Balaban J connectivity index is 0.00000200. The van der Waals surface area contributed by atoms with Crippen molar-refractivity contribution < 1.29 is 5.48 Å². The average molecular weight is 302 g/mol. The molecule has 0 aromatic carbocycles. The monoisotopic (exact) mass is 301 g/mol. The van der Waals surface area contributed by atoms with E-state index in [1.54, 1.807) is 0 Å². The van der Waals surface area contributed by atoms with Crippen molar-refractivity contribution in [2.75, 3.05) is 13.1 Å². The molecule has 0 aromatic heterocycles. The van der Waals surface area contributed by atoms with Crippen LogP contribution in [0.1, 0.15) is 90.4 Å². The second-order valence-electron chi connectivity index (χ2n) is 6.95. The lowest BCUT2D eigenvalue weighted by Gasteiger charge is -2.42. The van der Waals surface area contributed by atoms with Gasteiger partial charge in [-0.25, -0.2) is 5.01 Å². The highest BCUT2D eigenvalue weighted by Crippen LogP contribution is 2.30. The van der Waals surface area contributed by atoms with Gasteiger partial charge in [-0.05, 0) is 32.6 Å². The van der Waals surface area contributed by atoms with Crippen molar-refractivity contribution in [3.63, 3.8) is 0 Å². The molecule has 1 heterocycles. The molecule has 128 valence electrons. The topological polar surface area (TPSA) is 81.8 Å². The summed E-state index contributed by atoms with van der Waals surface area (Å²) in [7, 11) is 0. The van der Waals surface area contributed by atoms with E-state index in [1.165, 1.54) is 96.6 Å². The molecule has 1 aliphatic carbocycles. The highest BCUT2D eigenvalue weighted by molar-refractivity contribution is 4.85. The van der Waals surface area contributed by atoms with E-state index in [2.05, 4.69) is 17.4 Å². The van der Waals surface area contributed by atoms with E-state index >= 15 is 0 Å². The van der Waals surface area contributed by atoms with Crippen LogP contribution in [0, 0.1) is 0 Å². The standard InChI is InChI=1S/C17H34N2.H3N.H2O/c1-17(13-9-5-2-3-6-10-14-17)19-16-12-8-4-7-11-15-18-19;;/h18H,2-16H2,1H3;1H3;1H2. The van der Waals surface area contributed by atoms with Crippen LogP contribution >= 0.6 is 0 Å². The maximum absolute atomic E-state index is 3.77. The van der Waals surface area contributed by atoms with Crippen LogP contribution in [0.3, 0.4) is 0 Å². The van der Waals surface area contributed by atoms with Crippen molar-refractivity contribution in [1.29, 1.82) is 0 Å². The first-order valence-corrected chi connectivity index (χ1v) is 8.82. The molecular weight excluding hydrogens is 262 g/mol. The Kier molecular flexibility index (Phi) is 11.3. The van der Waals surface area contributed by atoms with Gasteiger partial charge in [0.15, 0.2) is 0 Å². The first-order valence-electron chi connectivity index (χ1n) is 8.82. The Morgan fingerprint density at radius 1 is 0.714 bits per heavy atom. The molecule has 1 aliphatic heterocycles. The Morgan fingerprint density at radius 2 is 1.19 bits per heavy atom. The molecular formula is C17H39N3O. The molecule has 6 N–H and O–H groups in total. The first kappa shape index (κ1) is 20.8. The van der Waals surface area contributed by atoms with Crippen molar-refractivity contribution in [3.05, 3.63) is 0 Å². The molecule has 4 heteroatoms. The van der Waals surface area contributed by atoms with E-state index in [0.717, 1.165) is 0 Å². The number of nitrogens with one attached hydrogen (secondary N) is 1. The molecule has 0 unspecified atom stereocenters. The number of hydrogen-bond acceptors (Lipinski definition) is 3. The zero-order valence-electron chi connectivity index (χ0n) is 14.3. The van der Waals surface area contributed by atoms with Gasteiger partial charge in [-0.2, -0.15) is 0 Å². The third-order valence-corrected chi connectivity index (χ3v) is 5.19. The molecule has 0 bridgehead atoms. The van der Waals surface area contributed by atoms with Crippen LogP contribution in [0.4, 0.5) is 0 Å². The minimum absolute atomic E-state index is 0. The van der Waals surface area contributed by atoms with E-state index in [0.29, 0.717) is 5.54 Å². The van der Waals surface area contributed by atoms with Gasteiger partial charge in [0.25, 0.3) is 0 Å².